The maximum Gasteiger partial charge on any atom is 1.00 e. The van der Waals surface area contributed by atoms with E-state index >= 15 is 0 Å². The molecule has 4 heteroatoms. The number of aliphatic carboxylic acids is 1. The summed E-state index contributed by atoms with van der Waals surface area (Å²) in [6, 6.07) is 19.0. The molecule has 1 aliphatic heterocycles. The monoisotopic (exact) mass is 301 g/mol. The predicted octanol–water partition coefficient (Wildman–Crippen LogP) is -0.680. The second-order valence-corrected chi connectivity index (χ2v) is 5.93. The minimum absolute atomic E-state index is 0. The minimum atomic E-state index is -0.896. The van der Waals surface area contributed by atoms with Gasteiger partial charge in [-0.15, -0.1) is 0 Å². The smallest absolute Gasteiger partial charge is 0.550 e. The Morgan fingerprint density at radius 3 is 2.09 bits per heavy atom. The number of carboxylic acid groups (broad SMARTS) is 1. The Morgan fingerprint density at radius 2 is 1.52 bits per heavy atom. The van der Waals surface area contributed by atoms with E-state index in [2.05, 4.69) is 41.3 Å². The van der Waals surface area contributed by atoms with Crippen molar-refractivity contribution in [3.8, 4) is 11.1 Å². The van der Waals surface area contributed by atoms with Crippen LogP contribution in [0.1, 0.15) is 18.4 Å². The molecule has 0 aromatic heterocycles. The van der Waals surface area contributed by atoms with Crippen LogP contribution in [0.3, 0.4) is 0 Å². The summed E-state index contributed by atoms with van der Waals surface area (Å²) in [7, 11) is 0. The van der Waals surface area contributed by atoms with Crippen molar-refractivity contribution in [2.45, 2.75) is 19.4 Å². The molecule has 0 atom stereocenters. The molecule has 0 unspecified atom stereocenters. The van der Waals surface area contributed by atoms with Gasteiger partial charge in [0.25, 0.3) is 0 Å². The summed E-state index contributed by atoms with van der Waals surface area (Å²) < 4.78 is 0. The number of piperidine rings is 1. The number of hydrogen-bond donors (Lipinski definition) is 0. The largest absolute Gasteiger partial charge is 1.00 e. The fraction of sp³-hybridized carbons (Fsp3) is 0.316. The van der Waals surface area contributed by atoms with E-state index < -0.39 is 5.97 Å². The van der Waals surface area contributed by atoms with Crippen LogP contribution in [0.5, 0.6) is 0 Å². The van der Waals surface area contributed by atoms with E-state index in [-0.39, 0.29) is 24.8 Å². The zero-order valence-electron chi connectivity index (χ0n) is 13.6. The first kappa shape index (κ1) is 17.8. The summed E-state index contributed by atoms with van der Waals surface area (Å²) in [5.74, 6) is -1.16. The Labute approximate surface area is 149 Å². The number of benzene rings is 2. The molecule has 0 aliphatic carbocycles. The van der Waals surface area contributed by atoms with Crippen molar-refractivity contribution in [2.75, 3.05) is 13.1 Å². The summed E-state index contributed by atoms with van der Waals surface area (Å²) in [6.45, 7) is 2.55. The fourth-order valence-electron chi connectivity index (χ4n) is 3.02. The summed E-state index contributed by atoms with van der Waals surface area (Å²) in [6.07, 6.45) is 1.40. The first-order valence-corrected chi connectivity index (χ1v) is 7.80. The Kier molecular flexibility index (Phi) is 6.47. The van der Waals surface area contributed by atoms with Gasteiger partial charge in [0.15, 0.2) is 0 Å². The van der Waals surface area contributed by atoms with Crippen molar-refractivity contribution < 1.29 is 28.8 Å². The number of carboxylic acids is 1. The van der Waals surface area contributed by atoms with E-state index in [9.17, 15) is 9.90 Å². The number of carbonyl (C=O) groups is 1. The molecule has 3 rings (SSSR count). The minimum Gasteiger partial charge on any atom is -0.550 e. The maximum atomic E-state index is 10.9. The molecule has 0 spiro atoms. The summed E-state index contributed by atoms with van der Waals surface area (Å²) in [5.41, 5.74) is 3.72. The second kappa shape index (κ2) is 8.36. The van der Waals surface area contributed by atoms with Gasteiger partial charge in [-0.2, -0.15) is 0 Å². The van der Waals surface area contributed by atoms with Gasteiger partial charge in [0.2, 0.25) is 0 Å². The molecule has 114 valence electrons. The van der Waals surface area contributed by atoms with Crippen molar-refractivity contribution >= 4 is 5.97 Å². The molecule has 23 heavy (non-hydrogen) atoms. The van der Waals surface area contributed by atoms with Crippen molar-refractivity contribution in [3.05, 3.63) is 60.2 Å². The number of rotatable bonds is 4. The van der Waals surface area contributed by atoms with Crippen molar-refractivity contribution in [2.24, 2.45) is 5.92 Å². The van der Waals surface area contributed by atoms with Gasteiger partial charge in [-0.3, -0.25) is 4.90 Å². The van der Waals surface area contributed by atoms with Crippen LogP contribution in [0.4, 0.5) is 0 Å². The maximum absolute atomic E-state index is 10.9. The van der Waals surface area contributed by atoms with Crippen LogP contribution < -0.4 is 24.0 Å². The molecule has 0 radical (unpaired) electrons. The average Bonchev–Trinajstić information content (AvgIpc) is 2.57. The SMILES string of the molecule is O=C([O-])C1CCN(Cc2ccc(-c3ccccc3)cc2)CC1.[Li+]. The Morgan fingerprint density at radius 1 is 0.957 bits per heavy atom. The Hall–Kier alpha value is -1.53. The Balaban J connectivity index is 0.00000192. The van der Waals surface area contributed by atoms with Gasteiger partial charge < -0.3 is 9.90 Å². The van der Waals surface area contributed by atoms with E-state index in [0.717, 1.165) is 19.6 Å². The van der Waals surface area contributed by atoms with E-state index in [4.69, 9.17) is 0 Å². The molecule has 1 fully saturated rings. The number of likely N-dealkylation sites (tertiary alicyclic amines) is 1. The van der Waals surface area contributed by atoms with E-state index in [1.807, 2.05) is 18.2 Å². The quantitative estimate of drug-likeness (QED) is 0.703. The van der Waals surface area contributed by atoms with Crippen LogP contribution in [0.2, 0.25) is 0 Å². The first-order valence-electron chi connectivity index (χ1n) is 7.80. The van der Waals surface area contributed by atoms with Crippen LogP contribution in [-0.4, -0.2) is 24.0 Å². The van der Waals surface area contributed by atoms with Crippen molar-refractivity contribution in [1.29, 1.82) is 0 Å². The molecule has 2 aromatic carbocycles. The van der Waals surface area contributed by atoms with Crippen LogP contribution in [0.25, 0.3) is 11.1 Å². The number of carbonyl (C=O) groups excluding carboxylic acids is 1. The van der Waals surface area contributed by atoms with Crippen LogP contribution in [0.15, 0.2) is 54.6 Å². The van der Waals surface area contributed by atoms with Crippen LogP contribution in [-0.2, 0) is 11.3 Å². The summed E-state index contributed by atoms with van der Waals surface area (Å²) >= 11 is 0. The fourth-order valence-corrected chi connectivity index (χ4v) is 3.02. The molecule has 1 saturated heterocycles. The Bertz CT molecular complexity index is 620. The number of nitrogens with zero attached hydrogens (tertiary/aromatic N) is 1. The normalized spacial score (nSPS) is 15.8. The van der Waals surface area contributed by atoms with E-state index in [1.54, 1.807) is 0 Å². The average molecular weight is 301 g/mol. The first-order chi connectivity index (χ1) is 10.7. The zero-order valence-corrected chi connectivity index (χ0v) is 13.6. The molecule has 2 aromatic rings. The molecule has 1 aliphatic rings. The van der Waals surface area contributed by atoms with Gasteiger partial charge in [0.1, 0.15) is 0 Å². The van der Waals surface area contributed by atoms with Gasteiger partial charge in [0.05, 0.1) is 0 Å². The van der Waals surface area contributed by atoms with Crippen molar-refractivity contribution in [3.63, 3.8) is 0 Å². The molecule has 0 saturated carbocycles. The summed E-state index contributed by atoms with van der Waals surface area (Å²) in [4.78, 5) is 13.2. The molecule has 0 bridgehead atoms. The topological polar surface area (TPSA) is 43.4 Å². The standard InChI is InChI=1S/C19H21NO2.Li/c21-19(22)18-10-12-20(13-11-18)14-15-6-8-17(9-7-15)16-4-2-1-3-5-16;/h1-9,18H,10-14H2,(H,21,22);/q;+1/p-1. The van der Waals surface area contributed by atoms with Crippen LogP contribution in [0, 0.1) is 5.92 Å². The molecule has 3 nitrogen and oxygen atoms in total. The summed E-state index contributed by atoms with van der Waals surface area (Å²) in [5, 5.41) is 10.9. The van der Waals surface area contributed by atoms with E-state index in [1.165, 1.54) is 16.7 Å². The predicted molar refractivity (Wildman–Crippen MR) is 84.9 cm³/mol. The van der Waals surface area contributed by atoms with Gasteiger partial charge in [-0.05, 0) is 42.6 Å². The molecule has 0 amide bonds. The van der Waals surface area contributed by atoms with Gasteiger partial charge in [-0.25, -0.2) is 0 Å². The molecular weight excluding hydrogens is 281 g/mol. The molecule has 0 N–H and O–H groups in total. The van der Waals surface area contributed by atoms with E-state index in [0.29, 0.717) is 12.8 Å². The zero-order chi connectivity index (χ0) is 15.4. The number of hydrogen-bond acceptors (Lipinski definition) is 3. The van der Waals surface area contributed by atoms with Crippen molar-refractivity contribution in [1.82, 2.24) is 4.90 Å². The van der Waals surface area contributed by atoms with Gasteiger partial charge in [-0.1, -0.05) is 54.6 Å². The third kappa shape index (κ3) is 4.72. The van der Waals surface area contributed by atoms with Crippen LogP contribution >= 0.6 is 0 Å². The second-order valence-electron chi connectivity index (χ2n) is 5.93. The third-order valence-corrected chi connectivity index (χ3v) is 4.39. The molecular formula is C19H20LiNO2. The third-order valence-electron chi connectivity index (χ3n) is 4.39. The van der Waals surface area contributed by atoms with Gasteiger partial charge >= 0.3 is 18.9 Å². The molecule has 1 heterocycles. The van der Waals surface area contributed by atoms with Gasteiger partial charge in [0, 0.05) is 18.4 Å².